The summed E-state index contributed by atoms with van der Waals surface area (Å²) in [5, 5.41) is 1.81. The number of rotatable bonds is 4. The van der Waals surface area contributed by atoms with Gasteiger partial charge in [0.25, 0.3) is 0 Å². The van der Waals surface area contributed by atoms with Crippen molar-refractivity contribution in [2.45, 2.75) is 4.90 Å². The van der Waals surface area contributed by atoms with Crippen molar-refractivity contribution in [2.75, 3.05) is 5.75 Å². The summed E-state index contributed by atoms with van der Waals surface area (Å²) in [4.78, 5) is 12.7. The van der Waals surface area contributed by atoms with Crippen LogP contribution in [0.3, 0.4) is 0 Å². The van der Waals surface area contributed by atoms with E-state index in [4.69, 9.17) is 0 Å². The molecule has 94 valence electrons. The standard InChI is InChI=1S/C12H7BrF2OS2/c13-8-3-4-17-12(8)10(16)6-18-11-2-1-7(14)5-9(11)15/h1-5H,6H2. The first-order chi connectivity index (χ1) is 8.58. The maximum Gasteiger partial charge on any atom is 0.184 e. The van der Waals surface area contributed by atoms with E-state index < -0.39 is 11.6 Å². The number of halogens is 3. The molecule has 0 amide bonds. The second-order valence-electron chi connectivity index (χ2n) is 3.38. The molecule has 1 aromatic carbocycles. The fourth-order valence-corrected chi connectivity index (χ4v) is 3.71. The molecule has 1 nitrogen and oxygen atoms in total. The summed E-state index contributed by atoms with van der Waals surface area (Å²) in [6.07, 6.45) is 0. The van der Waals surface area contributed by atoms with E-state index in [1.54, 1.807) is 11.4 Å². The van der Waals surface area contributed by atoms with Gasteiger partial charge in [0, 0.05) is 15.4 Å². The first-order valence-electron chi connectivity index (χ1n) is 4.92. The van der Waals surface area contributed by atoms with Gasteiger partial charge in [-0.15, -0.1) is 23.1 Å². The van der Waals surface area contributed by atoms with E-state index in [1.807, 2.05) is 0 Å². The summed E-state index contributed by atoms with van der Waals surface area (Å²) < 4.78 is 26.8. The molecular weight excluding hydrogens is 342 g/mol. The van der Waals surface area contributed by atoms with Crippen molar-refractivity contribution in [2.24, 2.45) is 0 Å². The summed E-state index contributed by atoms with van der Waals surface area (Å²) in [6.45, 7) is 0. The number of hydrogen-bond donors (Lipinski definition) is 0. The average molecular weight is 349 g/mol. The Morgan fingerprint density at radius 1 is 1.33 bits per heavy atom. The van der Waals surface area contributed by atoms with Crippen molar-refractivity contribution >= 4 is 44.8 Å². The van der Waals surface area contributed by atoms with Gasteiger partial charge < -0.3 is 0 Å². The molecule has 2 rings (SSSR count). The van der Waals surface area contributed by atoms with Crippen LogP contribution < -0.4 is 0 Å². The van der Waals surface area contributed by atoms with Crippen LogP contribution in [-0.2, 0) is 0 Å². The van der Waals surface area contributed by atoms with E-state index >= 15 is 0 Å². The third-order valence-electron chi connectivity index (χ3n) is 2.12. The van der Waals surface area contributed by atoms with Crippen LogP contribution in [0.4, 0.5) is 8.78 Å². The van der Waals surface area contributed by atoms with Crippen LogP contribution in [-0.4, -0.2) is 11.5 Å². The maximum absolute atomic E-state index is 13.3. The van der Waals surface area contributed by atoms with Crippen LogP contribution in [0.5, 0.6) is 0 Å². The largest absolute Gasteiger partial charge is 0.292 e. The number of thioether (sulfide) groups is 1. The van der Waals surface area contributed by atoms with Gasteiger partial charge in [-0.05, 0) is 39.5 Å². The van der Waals surface area contributed by atoms with Crippen molar-refractivity contribution in [1.82, 2.24) is 0 Å². The fourth-order valence-electron chi connectivity index (χ4n) is 1.29. The summed E-state index contributed by atoms with van der Waals surface area (Å²) in [7, 11) is 0. The van der Waals surface area contributed by atoms with Crippen LogP contribution in [0, 0.1) is 11.6 Å². The first kappa shape index (κ1) is 13.7. The summed E-state index contributed by atoms with van der Waals surface area (Å²) in [5.74, 6) is -1.21. The van der Waals surface area contributed by atoms with E-state index in [9.17, 15) is 13.6 Å². The lowest BCUT2D eigenvalue weighted by molar-refractivity contribution is 0.102. The van der Waals surface area contributed by atoms with Crippen molar-refractivity contribution in [3.05, 3.63) is 50.6 Å². The SMILES string of the molecule is O=C(CSc1ccc(F)cc1F)c1sccc1Br. The van der Waals surface area contributed by atoms with Crippen LogP contribution in [0.15, 0.2) is 39.0 Å². The van der Waals surface area contributed by atoms with Crippen molar-refractivity contribution in [3.63, 3.8) is 0 Å². The quantitative estimate of drug-likeness (QED) is 0.585. The van der Waals surface area contributed by atoms with Crippen LogP contribution in [0.25, 0.3) is 0 Å². The summed E-state index contributed by atoms with van der Waals surface area (Å²) >= 11 is 5.68. The fraction of sp³-hybridized carbons (Fsp3) is 0.0833. The molecule has 0 saturated heterocycles. The molecule has 0 radical (unpaired) electrons. The lowest BCUT2D eigenvalue weighted by Crippen LogP contribution is -2.00. The third-order valence-corrected chi connectivity index (χ3v) is 5.05. The zero-order valence-corrected chi connectivity index (χ0v) is 12.2. The Bertz CT molecular complexity index is 583. The lowest BCUT2D eigenvalue weighted by Gasteiger charge is -2.02. The molecule has 1 heterocycles. The van der Waals surface area contributed by atoms with Gasteiger partial charge in [-0.2, -0.15) is 0 Å². The molecule has 0 fully saturated rings. The monoisotopic (exact) mass is 348 g/mol. The van der Waals surface area contributed by atoms with E-state index in [-0.39, 0.29) is 16.4 Å². The molecule has 0 atom stereocenters. The third kappa shape index (κ3) is 3.18. The van der Waals surface area contributed by atoms with Crippen molar-refractivity contribution in [3.8, 4) is 0 Å². The van der Waals surface area contributed by atoms with E-state index in [1.165, 1.54) is 23.5 Å². The number of hydrogen-bond acceptors (Lipinski definition) is 3. The van der Waals surface area contributed by atoms with Gasteiger partial charge in [0.05, 0.1) is 10.6 Å². The van der Waals surface area contributed by atoms with Gasteiger partial charge in [0.1, 0.15) is 11.6 Å². The number of carbonyl (C=O) groups excluding carboxylic acids is 1. The minimum atomic E-state index is -0.641. The molecule has 0 aliphatic carbocycles. The predicted octanol–water partition coefficient (Wildman–Crippen LogP) is 4.76. The van der Waals surface area contributed by atoms with E-state index in [0.29, 0.717) is 4.88 Å². The van der Waals surface area contributed by atoms with Crippen LogP contribution >= 0.6 is 39.0 Å². The molecule has 0 aliphatic rings. The second-order valence-corrected chi connectivity index (χ2v) is 6.17. The molecule has 2 aromatic rings. The smallest absolute Gasteiger partial charge is 0.184 e. The van der Waals surface area contributed by atoms with Crippen LogP contribution in [0.2, 0.25) is 0 Å². The molecule has 0 saturated carbocycles. The zero-order valence-electron chi connectivity index (χ0n) is 8.95. The highest BCUT2D eigenvalue weighted by molar-refractivity contribution is 9.10. The van der Waals surface area contributed by atoms with Gasteiger partial charge in [0.2, 0.25) is 0 Å². The molecule has 0 bridgehead atoms. The van der Waals surface area contributed by atoms with Crippen molar-refractivity contribution in [1.29, 1.82) is 0 Å². The summed E-state index contributed by atoms with van der Waals surface area (Å²) in [6, 6.07) is 5.12. The molecule has 18 heavy (non-hydrogen) atoms. The highest BCUT2D eigenvalue weighted by atomic mass is 79.9. The summed E-state index contributed by atoms with van der Waals surface area (Å²) in [5.41, 5.74) is 0. The first-order valence-corrected chi connectivity index (χ1v) is 7.58. The van der Waals surface area contributed by atoms with Gasteiger partial charge >= 0.3 is 0 Å². The van der Waals surface area contributed by atoms with Crippen LogP contribution in [0.1, 0.15) is 9.67 Å². The number of ketones is 1. The normalized spacial score (nSPS) is 10.6. The highest BCUT2D eigenvalue weighted by Crippen LogP contribution is 2.27. The molecule has 1 aromatic heterocycles. The Balaban J connectivity index is 2.04. The minimum Gasteiger partial charge on any atom is -0.292 e. The number of carbonyl (C=O) groups is 1. The predicted molar refractivity (Wildman–Crippen MR) is 73.4 cm³/mol. The lowest BCUT2D eigenvalue weighted by atomic mass is 10.3. The number of thiophene rings is 1. The van der Waals surface area contributed by atoms with E-state index in [0.717, 1.165) is 22.3 Å². The number of benzene rings is 1. The molecule has 0 unspecified atom stereocenters. The van der Waals surface area contributed by atoms with Gasteiger partial charge in [-0.3, -0.25) is 4.79 Å². The van der Waals surface area contributed by atoms with Gasteiger partial charge in [0.15, 0.2) is 5.78 Å². The topological polar surface area (TPSA) is 17.1 Å². The Labute approximate surface area is 119 Å². The molecule has 6 heteroatoms. The van der Waals surface area contributed by atoms with Crippen molar-refractivity contribution < 1.29 is 13.6 Å². The zero-order chi connectivity index (χ0) is 13.1. The molecule has 0 aliphatic heterocycles. The molecule has 0 N–H and O–H groups in total. The van der Waals surface area contributed by atoms with Gasteiger partial charge in [-0.25, -0.2) is 8.78 Å². The molecular formula is C12H7BrF2OS2. The molecule has 0 spiro atoms. The Morgan fingerprint density at radius 2 is 2.11 bits per heavy atom. The maximum atomic E-state index is 13.3. The Kier molecular flexibility index (Phi) is 4.53. The van der Waals surface area contributed by atoms with E-state index in [2.05, 4.69) is 15.9 Å². The van der Waals surface area contributed by atoms with Gasteiger partial charge in [-0.1, -0.05) is 0 Å². The second kappa shape index (κ2) is 5.95. The Morgan fingerprint density at radius 3 is 2.72 bits per heavy atom. The highest BCUT2D eigenvalue weighted by Gasteiger charge is 2.13. The average Bonchev–Trinajstić information content (AvgIpc) is 2.74. The number of Topliss-reactive ketones (excluding diaryl/α,β-unsaturated/α-hetero) is 1. The minimum absolute atomic E-state index is 0.0781. The Hall–Kier alpha value is -0.720.